The molecule has 4 rings (SSSR count). The van der Waals surface area contributed by atoms with Crippen LogP contribution < -0.4 is 10.2 Å². The molecule has 190 valence electrons. The van der Waals surface area contributed by atoms with E-state index in [1.54, 1.807) is 19.2 Å². The Kier molecular flexibility index (Phi) is 7.81. The lowest BCUT2D eigenvalue weighted by molar-refractivity contribution is -0.126. The number of hydrogen-bond acceptors (Lipinski definition) is 7. The zero-order valence-corrected chi connectivity index (χ0v) is 21.5. The van der Waals surface area contributed by atoms with Gasteiger partial charge in [0.25, 0.3) is 0 Å². The first-order valence-electron chi connectivity index (χ1n) is 12.4. The number of pyridine rings is 1. The second-order valence-electron chi connectivity index (χ2n) is 9.86. The highest BCUT2D eigenvalue weighted by molar-refractivity contribution is 7.89. The van der Waals surface area contributed by atoms with Crippen molar-refractivity contribution in [2.75, 3.05) is 31.8 Å². The summed E-state index contributed by atoms with van der Waals surface area (Å²) in [5, 5.41) is 3.10. The van der Waals surface area contributed by atoms with Crippen molar-refractivity contribution in [3.05, 3.63) is 17.8 Å². The van der Waals surface area contributed by atoms with E-state index in [0.29, 0.717) is 38.4 Å². The number of rotatable bonds is 6. The number of amides is 1. The van der Waals surface area contributed by atoms with E-state index in [0.717, 1.165) is 31.4 Å². The molecule has 9 nitrogen and oxygen atoms in total. The van der Waals surface area contributed by atoms with E-state index < -0.39 is 16.1 Å². The van der Waals surface area contributed by atoms with Crippen molar-refractivity contribution >= 4 is 21.7 Å². The molecule has 0 bridgehead atoms. The molecular weight excluding hydrogens is 456 g/mol. The van der Waals surface area contributed by atoms with Crippen molar-refractivity contribution in [2.24, 2.45) is 0 Å². The Labute approximate surface area is 203 Å². The lowest BCUT2D eigenvalue weighted by Crippen LogP contribution is -2.53. The normalized spacial score (nSPS) is 30.9. The first-order valence-corrected chi connectivity index (χ1v) is 13.9. The predicted octanol–water partition coefficient (Wildman–Crippen LogP) is 2.23. The Hall–Kier alpha value is -1.75. The van der Waals surface area contributed by atoms with Crippen LogP contribution in [-0.2, 0) is 24.3 Å². The van der Waals surface area contributed by atoms with Crippen molar-refractivity contribution in [1.82, 2.24) is 14.6 Å². The maximum absolute atomic E-state index is 14.0. The third-order valence-electron chi connectivity index (χ3n) is 7.32. The van der Waals surface area contributed by atoms with E-state index in [1.165, 1.54) is 4.31 Å². The van der Waals surface area contributed by atoms with Gasteiger partial charge in [0.05, 0.1) is 37.4 Å². The van der Waals surface area contributed by atoms with Gasteiger partial charge in [0.1, 0.15) is 16.8 Å². The molecule has 1 amide bonds. The summed E-state index contributed by atoms with van der Waals surface area (Å²) in [6, 6.07) is 2.53. The van der Waals surface area contributed by atoms with Gasteiger partial charge < -0.3 is 19.7 Å². The summed E-state index contributed by atoms with van der Waals surface area (Å²) in [4.78, 5) is 20.2. The third-order valence-corrected chi connectivity index (χ3v) is 9.25. The molecule has 5 atom stereocenters. The average molecular weight is 495 g/mol. The Balaban J connectivity index is 1.62. The maximum Gasteiger partial charge on any atom is 0.247 e. The standard InChI is InChI=1S/C24H38N4O5S/c1-16-11-12-22(23(25-16)28-17(2)14-33-15-18(28)3)34(30,31)27-13-7-9-20(27)24(29)26-19-8-5-6-10-21(19)32-4/h11-12,17-21H,5-10,13-15H2,1-4H3,(H,26,29)/t17-,18-,19+,20-,21-/m0/s1. The van der Waals surface area contributed by atoms with Gasteiger partial charge in [-0.3, -0.25) is 4.79 Å². The van der Waals surface area contributed by atoms with Crippen LogP contribution in [-0.4, -0.2) is 80.8 Å². The molecule has 0 unspecified atom stereocenters. The largest absolute Gasteiger partial charge is 0.379 e. The zero-order chi connectivity index (χ0) is 24.5. The number of carbonyl (C=O) groups is 1. The number of aryl methyl sites for hydroxylation is 1. The van der Waals surface area contributed by atoms with Crippen molar-refractivity contribution in [2.45, 2.75) is 94.5 Å². The van der Waals surface area contributed by atoms with Crippen molar-refractivity contribution in [1.29, 1.82) is 0 Å². The Morgan fingerprint density at radius 2 is 1.82 bits per heavy atom. The van der Waals surface area contributed by atoms with Gasteiger partial charge in [0, 0.05) is 19.3 Å². The molecule has 3 fully saturated rings. The summed E-state index contributed by atoms with van der Waals surface area (Å²) in [6.07, 6.45) is 5.00. The van der Waals surface area contributed by atoms with Crippen LogP contribution in [0.15, 0.2) is 17.0 Å². The molecule has 2 aliphatic heterocycles. The van der Waals surface area contributed by atoms with E-state index in [-0.39, 0.29) is 35.0 Å². The van der Waals surface area contributed by atoms with Gasteiger partial charge in [-0.15, -0.1) is 0 Å². The molecule has 1 aliphatic carbocycles. The second kappa shape index (κ2) is 10.5. The quantitative estimate of drug-likeness (QED) is 0.647. The summed E-state index contributed by atoms with van der Waals surface area (Å²) in [6.45, 7) is 7.22. The molecule has 3 aliphatic rings. The SMILES string of the molecule is CO[C@H]1CCCC[C@H]1NC(=O)[C@@H]1CCCN1S(=O)(=O)c1ccc(C)nc1N1[C@@H](C)COC[C@@H]1C. The van der Waals surface area contributed by atoms with Crippen molar-refractivity contribution in [3.63, 3.8) is 0 Å². The summed E-state index contributed by atoms with van der Waals surface area (Å²) in [5.74, 6) is 0.214. The lowest BCUT2D eigenvalue weighted by Gasteiger charge is -2.40. The topological polar surface area (TPSA) is 101 Å². The highest BCUT2D eigenvalue weighted by atomic mass is 32.2. The van der Waals surface area contributed by atoms with Crippen LogP contribution >= 0.6 is 0 Å². The fraction of sp³-hybridized carbons (Fsp3) is 0.750. The van der Waals surface area contributed by atoms with Gasteiger partial charge in [-0.1, -0.05) is 12.8 Å². The number of morpholine rings is 1. The number of nitrogens with zero attached hydrogens (tertiary/aromatic N) is 3. The fourth-order valence-electron chi connectivity index (χ4n) is 5.58. The minimum absolute atomic E-state index is 0.0121. The van der Waals surface area contributed by atoms with E-state index in [2.05, 4.69) is 10.3 Å². The minimum Gasteiger partial charge on any atom is -0.379 e. The number of ether oxygens (including phenoxy) is 2. The van der Waals surface area contributed by atoms with Crippen LogP contribution in [0.1, 0.15) is 58.1 Å². The molecule has 3 heterocycles. The molecule has 1 aromatic rings. The van der Waals surface area contributed by atoms with E-state index >= 15 is 0 Å². The van der Waals surface area contributed by atoms with Crippen LogP contribution in [0.25, 0.3) is 0 Å². The third kappa shape index (κ3) is 4.96. The van der Waals surface area contributed by atoms with Gasteiger partial charge in [-0.05, 0) is 58.6 Å². The van der Waals surface area contributed by atoms with Crippen molar-refractivity contribution in [3.8, 4) is 0 Å². The first-order chi connectivity index (χ1) is 16.2. The molecule has 0 aromatic carbocycles. The summed E-state index contributed by atoms with van der Waals surface area (Å²) in [7, 11) is -2.27. The van der Waals surface area contributed by atoms with Gasteiger partial charge in [-0.2, -0.15) is 4.31 Å². The van der Waals surface area contributed by atoms with Crippen molar-refractivity contribution < 1.29 is 22.7 Å². The highest BCUT2D eigenvalue weighted by Crippen LogP contribution is 2.34. The first kappa shape index (κ1) is 25.3. The molecule has 1 saturated carbocycles. The molecule has 0 radical (unpaired) electrons. The fourth-order valence-corrected chi connectivity index (χ4v) is 7.36. The summed E-state index contributed by atoms with van der Waals surface area (Å²) < 4.78 is 40.5. The molecule has 10 heteroatoms. The number of sulfonamides is 1. The van der Waals surface area contributed by atoms with Crippen LogP contribution in [0.5, 0.6) is 0 Å². The van der Waals surface area contributed by atoms with Crippen LogP contribution in [0, 0.1) is 6.92 Å². The maximum atomic E-state index is 14.0. The molecule has 2 saturated heterocycles. The Bertz CT molecular complexity index is 978. The van der Waals surface area contributed by atoms with Gasteiger partial charge in [-0.25, -0.2) is 13.4 Å². The molecule has 34 heavy (non-hydrogen) atoms. The van der Waals surface area contributed by atoms with Crippen LogP contribution in [0.3, 0.4) is 0 Å². The van der Waals surface area contributed by atoms with Gasteiger partial charge in [0.15, 0.2) is 0 Å². The van der Waals surface area contributed by atoms with E-state index in [9.17, 15) is 13.2 Å². The molecule has 1 aromatic heterocycles. The number of nitrogens with one attached hydrogen (secondary N) is 1. The predicted molar refractivity (Wildman–Crippen MR) is 129 cm³/mol. The summed E-state index contributed by atoms with van der Waals surface area (Å²) >= 11 is 0. The lowest BCUT2D eigenvalue weighted by atomic mass is 9.92. The van der Waals surface area contributed by atoms with Gasteiger partial charge >= 0.3 is 0 Å². The second-order valence-corrected chi connectivity index (χ2v) is 11.7. The number of anilines is 1. The summed E-state index contributed by atoms with van der Waals surface area (Å²) in [5.41, 5.74) is 0.749. The number of aromatic nitrogens is 1. The number of methoxy groups -OCH3 is 1. The van der Waals surface area contributed by atoms with Crippen LogP contribution in [0.4, 0.5) is 5.82 Å². The number of carbonyl (C=O) groups excluding carboxylic acids is 1. The smallest absolute Gasteiger partial charge is 0.247 e. The van der Waals surface area contributed by atoms with Gasteiger partial charge in [0.2, 0.25) is 15.9 Å². The molecular formula is C24H38N4O5S. The average Bonchev–Trinajstić information content (AvgIpc) is 3.30. The van der Waals surface area contributed by atoms with E-state index in [4.69, 9.17) is 9.47 Å². The number of hydrogen-bond donors (Lipinski definition) is 1. The monoisotopic (exact) mass is 494 g/mol. The zero-order valence-electron chi connectivity index (χ0n) is 20.7. The Morgan fingerprint density at radius 1 is 1.12 bits per heavy atom. The highest BCUT2D eigenvalue weighted by Gasteiger charge is 2.43. The minimum atomic E-state index is -3.94. The molecule has 1 N–H and O–H groups in total. The Morgan fingerprint density at radius 3 is 2.53 bits per heavy atom. The molecule has 0 spiro atoms. The van der Waals surface area contributed by atoms with Crippen LogP contribution in [0.2, 0.25) is 0 Å². The van der Waals surface area contributed by atoms with E-state index in [1.807, 2.05) is 25.7 Å².